The normalized spacial score (nSPS) is 12.7. The van der Waals surface area contributed by atoms with Gasteiger partial charge in [-0.05, 0) is 25.1 Å². The first-order valence-corrected chi connectivity index (χ1v) is 4.87. The fourth-order valence-electron chi connectivity index (χ4n) is 1.35. The number of hydrogen-bond acceptors (Lipinski definition) is 3. The highest BCUT2D eigenvalue weighted by Crippen LogP contribution is 2.08. The van der Waals surface area contributed by atoms with Crippen molar-refractivity contribution in [2.24, 2.45) is 0 Å². The van der Waals surface area contributed by atoms with Crippen molar-refractivity contribution in [1.29, 1.82) is 0 Å². The van der Waals surface area contributed by atoms with Gasteiger partial charge in [0.15, 0.2) is 0 Å². The predicted octanol–water partition coefficient (Wildman–Crippen LogP) is 1.38. The summed E-state index contributed by atoms with van der Waals surface area (Å²) < 4.78 is 1.77. The molecular weight excluding hydrogens is 190 g/mol. The van der Waals surface area contributed by atoms with Gasteiger partial charge in [0.25, 0.3) is 0 Å². The van der Waals surface area contributed by atoms with E-state index < -0.39 is 6.10 Å². The number of hydrogen-bond donors (Lipinski definition) is 1. The Bertz CT molecular complexity index is 422. The van der Waals surface area contributed by atoms with Crippen LogP contribution < -0.4 is 0 Å². The second-order valence-electron chi connectivity index (χ2n) is 3.44. The second kappa shape index (κ2) is 4.23. The molecule has 2 rings (SSSR count). The molecule has 0 amide bonds. The molecule has 0 fully saturated rings. The van der Waals surface area contributed by atoms with Crippen LogP contribution in [0.2, 0.25) is 0 Å². The van der Waals surface area contributed by atoms with Gasteiger partial charge in [-0.2, -0.15) is 5.10 Å². The maximum Gasteiger partial charge on any atom is 0.0950 e. The van der Waals surface area contributed by atoms with Gasteiger partial charge in [0.1, 0.15) is 0 Å². The minimum absolute atomic E-state index is 0.519. The van der Waals surface area contributed by atoms with Crippen molar-refractivity contribution >= 4 is 0 Å². The Morgan fingerprint density at radius 3 is 2.87 bits per heavy atom. The third kappa shape index (κ3) is 2.41. The fourth-order valence-corrected chi connectivity index (χ4v) is 1.35. The Kier molecular flexibility index (Phi) is 2.78. The maximum absolute atomic E-state index is 9.31. The van der Waals surface area contributed by atoms with E-state index in [9.17, 15) is 5.11 Å². The summed E-state index contributed by atoms with van der Waals surface area (Å²) in [5, 5.41) is 13.5. The van der Waals surface area contributed by atoms with Crippen LogP contribution in [0.15, 0.2) is 36.7 Å². The van der Waals surface area contributed by atoms with Gasteiger partial charge in [0.2, 0.25) is 0 Å². The predicted molar refractivity (Wildman–Crippen MR) is 56.2 cm³/mol. The van der Waals surface area contributed by atoms with Crippen LogP contribution in [0.5, 0.6) is 0 Å². The highest BCUT2D eigenvalue weighted by molar-refractivity contribution is 5.06. The molecule has 15 heavy (non-hydrogen) atoms. The van der Waals surface area contributed by atoms with E-state index in [1.54, 1.807) is 17.8 Å². The first-order chi connectivity index (χ1) is 7.25. The van der Waals surface area contributed by atoms with Crippen molar-refractivity contribution in [1.82, 2.24) is 14.8 Å². The molecule has 78 valence electrons. The van der Waals surface area contributed by atoms with E-state index in [0.29, 0.717) is 12.2 Å². The monoisotopic (exact) mass is 203 g/mol. The molecule has 2 aromatic rings. The van der Waals surface area contributed by atoms with Crippen molar-refractivity contribution in [3.8, 4) is 0 Å². The molecular formula is C11H13N3O. The summed E-state index contributed by atoms with van der Waals surface area (Å²) in [6.45, 7) is 2.33. The number of pyridine rings is 1. The molecule has 4 nitrogen and oxygen atoms in total. The van der Waals surface area contributed by atoms with Gasteiger partial charge in [0.05, 0.1) is 24.0 Å². The molecule has 1 atom stereocenters. The molecule has 4 heteroatoms. The zero-order chi connectivity index (χ0) is 10.7. The molecule has 1 N–H and O–H groups in total. The molecule has 0 spiro atoms. The summed E-state index contributed by atoms with van der Waals surface area (Å²) in [4.78, 5) is 4.20. The third-order valence-corrected chi connectivity index (χ3v) is 2.14. The maximum atomic E-state index is 9.31. The molecule has 0 bridgehead atoms. The minimum atomic E-state index is -0.519. The van der Waals surface area contributed by atoms with Crippen LogP contribution in [0.25, 0.3) is 0 Å². The number of aliphatic hydroxyl groups excluding tert-OH is 1. The molecule has 0 saturated carbocycles. The van der Waals surface area contributed by atoms with Crippen molar-refractivity contribution in [2.45, 2.75) is 19.6 Å². The van der Waals surface area contributed by atoms with Gasteiger partial charge < -0.3 is 5.11 Å². The summed E-state index contributed by atoms with van der Waals surface area (Å²) in [5.74, 6) is 0. The SMILES string of the molecule is C[C@H](O)c1ccn(Cc2ccccn2)n1. The molecule has 0 unspecified atom stereocenters. The van der Waals surface area contributed by atoms with Crippen LogP contribution in [-0.4, -0.2) is 19.9 Å². The van der Waals surface area contributed by atoms with Crippen molar-refractivity contribution in [3.63, 3.8) is 0 Å². The topological polar surface area (TPSA) is 50.9 Å². The summed E-state index contributed by atoms with van der Waals surface area (Å²) in [7, 11) is 0. The molecule has 2 aromatic heterocycles. The zero-order valence-electron chi connectivity index (χ0n) is 8.54. The summed E-state index contributed by atoms with van der Waals surface area (Å²) in [6, 6.07) is 7.59. The third-order valence-electron chi connectivity index (χ3n) is 2.14. The van der Waals surface area contributed by atoms with E-state index in [1.807, 2.05) is 30.5 Å². The van der Waals surface area contributed by atoms with Gasteiger partial charge in [-0.1, -0.05) is 6.07 Å². The van der Waals surface area contributed by atoms with E-state index in [4.69, 9.17) is 0 Å². The lowest BCUT2D eigenvalue weighted by Crippen LogP contribution is -2.03. The molecule has 0 aliphatic carbocycles. The van der Waals surface area contributed by atoms with E-state index in [1.165, 1.54) is 0 Å². The summed E-state index contributed by atoms with van der Waals surface area (Å²) >= 11 is 0. The number of aromatic nitrogens is 3. The number of nitrogens with zero attached hydrogens (tertiary/aromatic N) is 3. The minimum Gasteiger partial charge on any atom is -0.387 e. The van der Waals surface area contributed by atoms with Crippen LogP contribution >= 0.6 is 0 Å². The van der Waals surface area contributed by atoms with Crippen molar-refractivity contribution < 1.29 is 5.11 Å². The van der Waals surface area contributed by atoms with Gasteiger partial charge >= 0.3 is 0 Å². The van der Waals surface area contributed by atoms with Gasteiger partial charge in [-0.15, -0.1) is 0 Å². The Morgan fingerprint density at radius 1 is 1.40 bits per heavy atom. The lowest BCUT2D eigenvalue weighted by molar-refractivity contribution is 0.193. The number of rotatable bonds is 3. The largest absolute Gasteiger partial charge is 0.387 e. The van der Waals surface area contributed by atoms with Crippen LogP contribution in [0.3, 0.4) is 0 Å². The highest BCUT2D eigenvalue weighted by Gasteiger charge is 2.04. The summed E-state index contributed by atoms with van der Waals surface area (Å²) in [6.07, 6.45) is 3.08. The Labute approximate surface area is 88.2 Å². The van der Waals surface area contributed by atoms with Crippen molar-refractivity contribution in [3.05, 3.63) is 48.0 Å². The Morgan fingerprint density at radius 2 is 2.27 bits per heavy atom. The quantitative estimate of drug-likeness (QED) is 0.819. The molecule has 0 aliphatic heterocycles. The molecule has 0 saturated heterocycles. The van der Waals surface area contributed by atoms with Gasteiger partial charge in [-0.25, -0.2) is 0 Å². The zero-order valence-corrected chi connectivity index (χ0v) is 8.54. The van der Waals surface area contributed by atoms with E-state index in [-0.39, 0.29) is 0 Å². The van der Waals surface area contributed by atoms with Crippen LogP contribution in [0, 0.1) is 0 Å². The average Bonchev–Trinajstić information content (AvgIpc) is 2.68. The van der Waals surface area contributed by atoms with E-state index in [0.717, 1.165) is 5.69 Å². The second-order valence-corrected chi connectivity index (χ2v) is 3.44. The van der Waals surface area contributed by atoms with Gasteiger partial charge in [0, 0.05) is 12.4 Å². The first kappa shape index (κ1) is 9.86. The fraction of sp³-hybridized carbons (Fsp3) is 0.273. The van der Waals surface area contributed by atoms with E-state index >= 15 is 0 Å². The molecule has 0 radical (unpaired) electrons. The molecule has 0 aromatic carbocycles. The smallest absolute Gasteiger partial charge is 0.0950 e. The Balaban J connectivity index is 2.12. The molecule has 2 heterocycles. The van der Waals surface area contributed by atoms with Crippen LogP contribution in [0.4, 0.5) is 0 Å². The molecule has 0 aliphatic rings. The average molecular weight is 203 g/mol. The van der Waals surface area contributed by atoms with Crippen molar-refractivity contribution in [2.75, 3.05) is 0 Å². The first-order valence-electron chi connectivity index (χ1n) is 4.87. The van der Waals surface area contributed by atoms with E-state index in [2.05, 4.69) is 10.1 Å². The van der Waals surface area contributed by atoms with Crippen LogP contribution in [0.1, 0.15) is 24.4 Å². The van der Waals surface area contributed by atoms with Gasteiger partial charge in [-0.3, -0.25) is 9.67 Å². The number of aliphatic hydroxyl groups is 1. The van der Waals surface area contributed by atoms with Crippen LogP contribution in [-0.2, 0) is 6.54 Å². The summed E-state index contributed by atoms with van der Waals surface area (Å²) in [5.41, 5.74) is 1.64. The lowest BCUT2D eigenvalue weighted by atomic mass is 10.3. The Hall–Kier alpha value is -1.68. The lowest BCUT2D eigenvalue weighted by Gasteiger charge is -2.01. The standard InChI is InChI=1S/C11H13N3O/c1-9(15)11-5-7-14(13-11)8-10-4-2-3-6-12-10/h2-7,9,15H,8H2,1H3/t9-/m0/s1. The highest BCUT2D eigenvalue weighted by atomic mass is 16.3.